The number of nitrogens with two attached hydrogens (primary N) is 1. The van der Waals surface area contributed by atoms with Crippen LogP contribution >= 0.6 is 12.4 Å². The van der Waals surface area contributed by atoms with E-state index in [9.17, 15) is 4.39 Å². The summed E-state index contributed by atoms with van der Waals surface area (Å²) >= 11 is 0. The number of phenolic OH excluding ortho intramolecular Hbond substituents is 1. The van der Waals surface area contributed by atoms with Crippen molar-refractivity contribution in [1.82, 2.24) is 0 Å². The van der Waals surface area contributed by atoms with Gasteiger partial charge in [0, 0.05) is 0 Å². The van der Waals surface area contributed by atoms with Crippen LogP contribution < -0.4 is 5.90 Å². The number of aromatic hydroxyl groups is 1. The summed E-state index contributed by atoms with van der Waals surface area (Å²) < 4.78 is 12.5. The molecule has 0 unspecified atom stereocenters. The Kier molecular flexibility index (Phi) is 7.98. The number of halogens is 2. The van der Waals surface area contributed by atoms with Gasteiger partial charge in [0.25, 0.3) is 0 Å². The van der Waals surface area contributed by atoms with E-state index in [0.29, 0.717) is 0 Å². The van der Waals surface area contributed by atoms with Gasteiger partial charge in [-0.25, -0.2) is 10.3 Å². The van der Waals surface area contributed by atoms with Gasteiger partial charge in [-0.2, -0.15) is 5.26 Å². The highest BCUT2D eigenvalue weighted by molar-refractivity contribution is 5.85. The lowest BCUT2D eigenvalue weighted by Gasteiger charge is -1.93. The van der Waals surface area contributed by atoms with Crippen molar-refractivity contribution in [3.05, 3.63) is 29.6 Å². The summed E-state index contributed by atoms with van der Waals surface area (Å²) in [6.07, 6.45) is 0. The molecule has 13 heavy (non-hydrogen) atoms. The fourth-order valence-electron chi connectivity index (χ4n) is 0.623. The Balaban J connectivity index is 0. The van der Waals surface area contributed by atoms with Crippen LogP contribution in [-0.2, 0) is 0 Å². The second-order valence-electron chi connectivity index (χ2n) is 1.75. The molecule has 1 aromatic carbocycles. The number of rotatable bonds is 0. The van der Waals surface area contributed by atoms with Crippen LogP contribution in [0.4, 0.5) is 4.39 Å². The van der Waals surface area contributed by atoms with Crippen molar-refractivity contribution in [1.29, 1.82) is 5.26 Å². The summed E-state index contributed by atoms with van der Waals surface area (Å²) in [5.74, 6) is 2.49. The maximum Gasteiger partial charge on any atom is 0.144 e. The van der Waals surface area contributed by atoms with E-state index in [4.69, 9.17) is 15.6 Å². The van der Waals surface area contributed by atoms with Crippen molar-refractivity contribution in [2.24, 2.45) is 5.90 Å². The largest absolute Gasteiger partial charge is 0.506 e. The number of benzene rings is 1. The van der Waals surface area contributed by atoms with Gasteiger partial charge in [0.1, 0.15) is 23.2 Å². The van der Waals surface area contributed by atoms with Crippen LogP contribution in [0.15, 0.2) is 18.2 Å². The number of hydrogen-bond donors (Lipinski definition) is 3. The molecule has 0 atom stereocenters. The molecule has 0 aromatic heterocycles. The average molecular weight is 207 g/mol. The zero-order valence-electron chi connectivity index (χ0n) is 6.44. The normalized spacial score (nSPS) is 7.23. The molecule has 0 saturated carbocycles. The molecular formula is C7H8ClFN2O2. The van der Waals surface area contributed by atoms with Crippen molar-refractivity contribution in [2.45, 2.75) is 0 Å². The van der Waals surface area contributed by atoms with Crippen LogP contribution in [0.25, 0.3) is 0 Å². The molecule has 0 aliphatic rings. The molecule has 1 rings (SSSR count). The zero-order chi connectivity index (χ0) is 9.56. The summed E-state index contributed by atoms with van der Waals surface area (Å²) in [7, 11) is 0. The monoisotopic (exact) mass is 206 g/mol. The quantitative estimate of drug-likeness (QED) is 0.556. The Morgan fingerprint density at radius 1 is 1.38 bits per heavy atom. The van der Waals surface area contributed by atoms with Crippen molar-refractivity contribution in [3.63, 3.8) is 0 Å². The fraction of sp³-hybridized carbons (Fsp3) is 0. The molecule has 0 fully saturated rings. The van der Waals surface area contributed by atoms with E-state index in [0.717, 1.165) is 6.07 Å². The zero-order valence-corrected chi connectivity index (χ0v) is 7.25. The number of phenols is 1. The molecule has 1 aromatic rings. The van der Waals surface area contributed by atoms with E-state index >= 15 is 0 Å². The molecule has 6 heteroatoms. The fourth-order valence-corrected chi connectivity index (χ4v) is 0.623. The average Bonchev–Trinajstić information content (AvgIpc) is 2.08. The van der Waals surface area contributed by atoms with Gasteiger partial charge in [-0.15, -0.1) is 12.4 Å². The van der Waals surface area contributed by atoms with Crippen LogP contribution in [0, 0.1) is 17.1 Å². The third-order valence-corrected chi connectivity index (χ3v) is 1.10. The minimum Gasteiger partial charge on any atom is -0.506 e. The van der Waals surface area contributed by atoms with Gasteiger partial charge in [0.2, 0.25) is 0 Å². The minimum atomic E-state index is -0.692. The molecule has 0 amide bonds. The van der Waals surface area contributed by atoms with Crippen molar-refractivity contribution >= 4 is 12.4 Å². The Morgan fingerprint density at radius 3 is 2.23 bits per heavy atom. The van der Waals surface area contributed by atoms with Gasteiger partial charge in [-0.1, -0.05) is 6.07 Å². The molecule has 0 radical (unpaired) electrons. The smallest absolute Gasteiger partial charge is 0.144 e. The first-order valence-electron chi connectivity index (χ1n) is 2.89. The maximum atomic E-state index is 12.5. The first-order valence-corrected chi connectivity index (χ1v) is 2.89. The first-order chi connectivity index (χ1) is 5.75. The molecule has 0 aliphatic carbocycles. The Labute approximate surface area is 80.4 Å². The van der Waals surface area contributed by atoms with E-state index in [2.05, 4.69) is 5.90 Å². The van der Waals surface area contributed by atoms with Gasteiger partial charge in [-0.3, -0.25) is 0 Å². The molecule has 4 N–H and O–H groups in total. The highest BCUT2D eigenvalue weighted by Gasteiger charge is 2.04. The number of nitrogens with zero attached hydrogens (tertiary/aromatic N) is 1. The topological polar surface area (TPSA) is 90.3 Å². The maximum absolute atomic E-state index is 12.5. The second kappa shape index (κ2) is 7.31. The molecule has 4 nitrogen and oxygen atoms in total. The van der Waals surface area contributed by atoms with E-state index in [-0.39, 0.29) is 23.7 Å². The van der Waals surface area contributed by atoms with Crippen LogP contribution in [-0.4, -0.2) is 10.3 Å². The van der Waals surface area contributed by atoms with E-state index in [1.165, 1.54) is 18.2 Å². The molecule has 0 spiro atoms. The van der Waals surface area contributed by atoms with E-state index < -0.39 is 5.82 Å². The molecule has 0 saturated heterocycles. The van der Waals surface area contributed by atoms with E-state index in [1.807, 2.05) is 0 Å². The molecule has 0 aliphatic heterocycles. The lowest BCUT2D eigenvalue weighted by Crippen LogP contribution is -1.81. The van der Waals surface area contributed by atoms with Gasteiger partial charge >= 0.3 is 0 Å². The van der Waals surface area contributed by atoms with Gasteiger partial charge < -0.3 is 10.3 Å². The lowest BCUT2D eigenvalue weighted by molar-refractivity contribution is 0.311. The predicted molar refractivity (Wildman–Crippen MR) is 46.0 cm³/mol. The number of hydrogen-bond acceptors (Lipinski definition) is 4. The van der Waals surface area contributed by atoms with Crippen LogP contribution in [0.2, 0.25) is 0 Å². The summed E-state index contributed by atoms with van der Waals surface area (Å²) in [5, 5.41) is 23.6. The molecule has 0 heterocycles. The SMILES string of the molecule is Cl.N#Cc1c(O)cccc1F.NO. The summed E-state index contributed by atoms with van der Waals surface area (Å²) in [6, 6.07) is 5.27. The van der Waals surface area contributed by atoms with Gasteiger partial charge in [-0.05, 0) is 12.1 Å². The third-order valence-electron chi connectivity index (χ3n) is 1.10. The minimum absolute atomic E-state index is 0. The Morgan fingerprint density at radius 2 is 1.92 bits per heavy atom. The Bertz CT molecular complexity index is 281. The molecule has 72 valence electrons. The van der Waals surface area contributed by atoms with Gasteiger partial charge in [0.15, 0.2) is 0 Å². The van der Waals surface area contributed by atoms with Crippen LogP contribution in [0.1, 0.15) is 5.56 Å². The second-order valence-corrected chi connectivity index (χ2v) is 1.75. The van der Waals surface area contributed by atoms with Crippen LogP contribution in [0.5, 0.6) is 5.75 Å². The summed E-state index contributed by atoms with van der Waals surface area (Å²) in [6.45, 7) is 0. The molecular weight excluding hydrogens is 199 g/mol. The summed E-state index contributed by atoms with van der Waals surface area (Å²) in [4.78, 5) is 0. The summed E-state index contributed by atoms with van der Waals surface area (Å²) in [5.41, 5.74) is -0.303. The Hall–Kier alpha value is -1.35. The third kappa shape index (κ3) is 3.71. The van der Waals surface area contributed by atoms with Crippen molar-refractivity contribution in [3.8, 4) is 11.8 Å². The van der Waals surface area contributed by atoms with Crippen molar-refractivity contribution in [2.75, 3.05) is 0 Å². The van der Waals surface area contributed by atoms with Crippen LogP contribution in [0.3, 0.4) is 0 Å². The highest BCUT2D eigenvalue weighted by atomic mass is 35.5. The van der Waals surface area contributed by atoms with E-state index in [1.54, 1.807) is 0 Å². The first kappa shape index (κ1) is 14.2. The lowest BCUT2D eigenvalue weighted by atomic mass is 10.2. The predicted octanol–water partition coefficient (Wildman–Crippen LogP) is 1.16. The van der Waals surface area contributed by atoms with Gasteiger partial charge in [0.05, 0.1) is 0 Å². The highest BCUT2D eigenvalue weighted by Crippen LogP contribution is 2.17. The number of nitriles is 1. The van der Waals surface area contributed by atoms with Crippen molar-refractivity contribution < 1.29 is 14.7 Å². The molecule has 0 bridgehead atoms. The standard InChI is InChI=1S/C7H4FNO.ClH.H3NO/c8-6-2-1-3-7(10)5(6)4-9;;1-2/h1-3,10H;1H;2H,1H2.